The van der Waals surface area contributed by atoms with Crippen molar-refractivity contribution in [1.82, 2.24) is 15.2 Å². The SMILES string of the molecule is Cc1ncccc1OC1CCC(NC(=O)C(c2cccc(F)c2)N(C)C)CC1. The van der Waals surface area contributed by atoms with E-state index in [1.54, 1.807) is 18.3 Å². The van der Waals surface area contributed by atoms with Crippen molar-refractivity contribution < 1.29 is 13.9 Å². The minimum Gasteiger partial charge on any atom is -0.489 e. The number of hydrogen-bond donors (Lipinski definition) is 1. The lowest BCUT2D eigenvalue weighted by atomic mass is 9.92. The summed E-state index contributed by atoms with van der Waals surface area (Å²) in [5.41, 5.74) is 1.55. The first-order valence-electron chi connectivity index (χ1n) is 9.74. The highest BCUT2D eigenvalue weighted by Gasteiger charge is 2.28. The number of amides is 1. The van der Waals surface area contributed by atoms with E-state index in [-0.39, 0.29) is 23.9 Å². The van der Waals surface area contributed by atoms with Crippen molar-refractivity contribution in [3.8, 4) is 5.75 Å². The summed E-state index contributed by atoms with van der Waals surface area (Å²) in [4.78, 5) is 18.9. The molecule has 1 N–H and O–H groups in total. The Balaban J connectivity index is 1.56. The molecular formula is C22H28FN3O2. The molecule has 6 heteroatoms. The second-order valence-electron chi connectivity index (χ2n) is 7.61. The van der Waals surface area contributed by atoms with Crippen LogP contribution in [-0.4, -0.2) is 42.0 Å². The second-order valence-corrected chi connectivity index (χ2v) is 7.61. The van der Waals surface area contributed by atoms with E-state index >= 15 is 0 Å². The van der Waals surface area contributed by atoms with Crippen LogP contribution in [0.4, 0.5) is 4.39 Å². The average molecular weight is 385 g/mol. The Morgan fingerprint density at radius 2 is 1.96 bits per heavy atom. The van der Waals surface area contributed by atoms with E-state index in [2.05, 4.69) is 10.3 Å². The van der Waals surface area contributed by atoms with Crippen LogP contribution in [0.1, 0.15) is 43.0 Å². The van der Waals surface area contributed by atoms with E-state index in [9.17, 15) is 9.18 Å². The molecule has 150 valence electrons. The largest absolute Gasteiger partial charge is 0.489 e. The molecule has 5 nitrogen and oxygen atoms in total. The van der Waals surface area contributed by atoms with Crippen molar-refractivity contribution in [3.05, 3.63) is 59.7 Å². The summed E-state index contributed by atoms with van der Waals surface area (Å²) in [7, 11) is 3.66. The van der Waals surface area contributed by atoms with Crippen LogP contribution >= 0.6 is 0 Å². The lowest BCUT2D eigenvalue weighted by molar-refractivity contribution is -0.126. The summed E-state index contributed by atoms with van der Waals surface area (Å²) in [6.07, 6.45) is 5.38. The predicted octanol–water partition coefficient (Wildman–Crippen LogP) is 3.64. The lowest BCUT2D eigenvalue weighted by Gasteiger charge is -2.32. The van der Waals surface area contributed by atoms with Gasteiger partial charge in [-0.05, 0) is 76.5 Å². The molecule has 1 aromatic heterocycles. The van der Waals surface area contributed by atoms with E-state index in [0.29, 0.717) is 5.56 Å². The van der Waals surface area contributed by atoms with E-state index in [4.69, 9.17) is 4.74 Å². The maximum atomic E-state index is 13.6. The zero-order valence-electron chi connectivity index (χ0n) is 16.7. The fraction of sp³-hybridized carbons (Fsp3) is 0.455. The van der Waals surface area contributed by atoms with Crippen molar-refractivity contribution in [2.24, 2.45) is 0 Å². The molecule has 1 fully saturated rings. The molecule has 28 heavy (non-hydrogen) atoms. The van der Waals surface area contributed by atoms with Gasteiger partial charge in [-0.2, -0.15) is 0 Å². The number of carbonyl (C=O) groups excluding carboxylic acids is 1. The minimum absolute atomic E-state index is 0.0944. The maximum absolute atomic E-state index is 13.6. The van der Waals surface area contributed by atoms with E-state index in [1.807, 2.05) is 38.1 Å². The molecule has 1 aliphatic carbocycles. The van der Waals surface area contributed by atoms with Gasteiger partial charge in [-0.25, -0.2) is 4.39 Å². The van der Waals surface area contributed by atoms with E-state index < -0.39 is 6.04 Å². The van der Waals surface area contributed by atoms with Gasteiger partial charge in [-0.3, -0.25) is 14.7 Å². The third-order valence-corrected chi connectivity index (χ3v) is 5.20. The quantitative estimate of drug-likeness (QED) is 0.825. The van der Waals surface area contributed by atoms with Crippen molar-refractivity contribution in [1.29, 1.82) is 0 Å². The first-order valence-corrected chi connectivity index (χ1v) is 9.74. The molecule has 0 radical (unpaired) electrons. The van der Waals surface area contributed by atoms with E-state index in [1.165, 1.54) is 12.1 Å². The molecule has 1 aliphatic rings. The van der Waals surface area contributed by atoms with Crippen LogP contribution in [0.3, 0.4) is 0 Å². The number of nitrogens with one attached hydrogen (secondary N) is 1. The number of pyridine rings is 1. The highest BCUT2D eigenvalue weighted by Crippen LogP contribution is 2.26. The number of likely N-dealkylation sites (N-methyl/N-ethyl adjacent to an activating group) is 1. The Morgan fingerprint density at radius 3 is 2.61 bits per heavy atom. The molecule has 0 saturated heterocycles. The first-order chi connectivity index (χ1) is 13.4. The van der Waals surface area contributed by atoms with Crippen LogP contribution in [0.2, 0.25) is 0 Å². The average Bonchev–Trinajstić information content (AvgIpc) is 2.65. The number of rotatable bonds is 6. The van der Waals surface area contributed by atoms with Gasteiger partial charge in [0.15, 0.2) is 0 Å². The molecule has 1 unspecified atom stereocenters. The zero-order chi connectivity index (χ0) is 20.1. The number of benzene rings is 1. The predicted molar refractivity (Wildman–Crippen MR) is 107 cm³/mol. The lowest BCUT2D eigenvalue weighted by Crippen LogP contribution is -2.44. The Bertz CT molecular complexity index is 804. The van der Waals surface area contributed by atoms with Gasteiger partial charge in [-0.1, -0.05) is 12.1 Å². The third-order valence-electron chi connectivity index (χ3n) is 5.20. The Kier molecular flexibility index (Phi) is 6.62. The fourth-order valence-corrected chi connectivity index (χ4v) is 3.74. The van der Waals surface area contributed by atoms with Crippen LogP contribution in [0.5, 0.6) is 5.75 Å². The molecule has 0 bridgehead atoms. The summed E-state index contributed by atoms with van der Waals surface area (Å²) in [5.74, 6) is 0.400. The molecule has 1 saturated carbocycles. The van der Waals surface area contributed by atoms with Gasteiger partial charge in [0, 0.05) is 12.2 Å². The maximum Gasteiger partial charge on any atom is 0.242 e. The fourth-order valence-electron chi connectivity index (χ4n) is 3.74. The summed E-state index contributed by atoms with van der Waals surface area (Å²) in [5, 5.41) is 3.14. The van der Waals surface area contributed by atoms with Crippen molar-refractivity contribution >= 4 is 5.91 Å². The van der Waals surface area contributed by atoms with Crippen LogP contribution in [0.15, 0.2) is 42.6 Å². The molecule has 2 aromatic rings. The Morgan fingerprint density at radius 1 is 1.21 bits per heavy atom. The topological polar surface area (TPSA) is 54.5 Å². The number of carbonyl (C=O) groups is 1. The Labute approximate surface area is 165 Å². The zero-order valence-corrected chi connectivity index (χ0v) is 16.7. The Hall–Kier alpha value is -2.47. The number of ether oxygens (including phenoxy) is 1. The van der Waals surface area contributed by atoms with Crippen LogP contribution in [-0.2, 0) is 4.79 Å². The number of halogens is 1. The van der Waals surface area contributed by atoms with Gasteiger partial charge in [-0.15, -0.1) is 0 Å². The van der Waals surface area contributed by atoms with Gasteiger partial charge in [0.25, 0.3) is 0 Å². The van der Waals surface area contributed by atoms with E-state index in [0.717, 1.165) is 37.1 Å². The minimum atomic E-state index is -0.511. The van der Waals surface area contributed by atoms with Crippen LogP contribution in [0, 0.1) is 12.7 Å². The number of aromatic nitrogens is 1. The van der Waals surface area contributed by atoms with Crippen molar-refractivity contribution in [3.63, 3.8) is 0 Å². The van der Waals surface area contributed by atoms with Gasteiger partial charge in [0.05, 0.1) is 11.8 Å². The second kappa shape index (κ2) is 9.15. The standard InChI is InChI=1S/C22H28FN3O2/c1-15-20(8-5-13-24-15)28-19-11-9-18(10-12-19)25-22(27)21(26(2)3)16-6-4-7-17(23)14-16/h4-8,13-14,18-19,21H,9-12H2,1-3H3,(H,25,27). The number of nitrogens with zero attached hydrogens (tertiary/aromatic N) is 2. The van der Waals surface area contributed by atoms with Gasteiger partial charge in [0.1, 0.15) is 17.6 Å². The molecule has 0 spiro atoms. The molecule has 1 aromatic carbocycles. The molecule has 1 heterocycles. The molecule has 1 amide bonds. The summed E-state index contributed by atoms with van der Waals surface area (Å²) in [6.45, 7) is 1.94. The molecule has 0 aliphatic heterocycles. The monoisotopic (exact) mass is 385 g/mol. The van der Waals surface area contributed by atoms with Gasteiger partial charge in [0.2, 0.25) is 5.91 Å². The number of hydrogen-bond acceptors (Lipinski definition) is 4. The normalized spacial score (nSPS) is 20.6. The highest BCUT2D eigenvalue weighted by molar-refractivity contribution is 5.83. The molecule has 3 rings (SSSR count). The molecular weight excluding hydrogens is 357 g/mol. The smallest absolute Gasteiger partial charge is 0.242 e. The highest BCUT2D eigenvalue weighted by atomic mass is 19.1. The van der Waals surface area contributed by atoms with Crippen molar-refractivity contribution in [2.75, 3.05) is 14.1 Å². The first kappa shape index (κ1) is 20.3. The summed E-state index contributed by atoms with van der Waals surface area (Å²) in [6, 6.07) is 9.65. The van der Waals surface area contributed by atoms with Gasteiger partial charge >= 0.3 is 0 Å². The summed E-state index contributed by atoms with van der Waals surface area (Å²) >= 11 is 0. The molecule has 1 atom stereocenters. The third kappa shape index (κ3) is 5.07. The summed E-state index contributed by atoms with van der Waals surface area (Å²) < 4.78 is 19.7. The van der Waals surface area contributed by atoms with Crippen LogP contribution < -0.4 is 10.1 Å². The van der Waals surface area contributed by atoms with Crippen molar-refractivity contribution in [2.45, 2.75) is 50.8 Å². The van der Waals surface area contributed by atoms with Crippen LogP contribution in [0.25, 0.3) is 0 Å². The van der Waals surface area contributed by atoms with Gasteiger partial charge < -0.3 is 10.1 Å². The number of aryl methyl sites for hydroxylation is 1.